The van der Waals surface area contributed by atoms with Crippen LogP contribution < -0.4 is 21.1 Å². The van der Waals surface area contributed by atoms with E-state index in [1.54, 1.807) is 11.8 Å². The third-order valence-corrected chi connectivity index (χ3v) is 2.85. The van der Waals surface area contributed by atoms with Crippen molar-refractivity contribution in [2.75, 3.05) is 18.1 Å². The van der Waals surface area contributed by atoms with E-state index in [9.17, 15) is 4.79 Å². The molecule has 0 aromatic heterocycles. The molecule has 0 saturated carbocycles. The zero-order valence-corrected chi connectivity index (χ0v) is 9.85. The Labute approximate surface area is 100 Å². The lowest BCUT2D eigenvalue weighted by molar-refractivity contribution is -0.125. The Morgan fingerprint density at radius 3 is 2.82 bits per heavy atom. The molecule has 1 aliphatic rings. The number of hydrogen-bond donors (Lipinski definition) is 2. The third-order valence-electron chi connectivity index (χ3n) is 2.85. The van der Waals surface area contributed by atoms with Gasteiger partial charge >= 0.3 is 0 Å². The summed E-state index contributed by atoms with van der Waals surface area (Å²) in [6, 6.07) is 5.74. The molecule has 0 spiro atoms. The quantitative estimate of drug-likeness (QED) is 0.785. The molecule has 1 atom stereocenters. The number of anilines is 1. The molecule has 92 valence electrons. The summed E-state index contributed by atoms with van der Waals surface area (Å²) < 4.78 is 5.53. The number of fused-ring (bicyclic) bond motifs is 1. The molecule has 2 rings (SSSR count). The van der Waals surface area contributed by atoms with Crippen molar-refractivity contribution < 1.29 is 9.53 Å². The number of hydrogen-bond acceptors (Lipinski definition) is 4. The van der Waals surface area contributed by atoms with Crippen molar-refractivity contribution in [3.8, 4) is 5.75 Å². The highest BCUT2D eigenvalue weighted by Gasteiger charge is 2.30. The molecule has 1 heterocycles. The normalized spacial score (nSPS) is 18.9. The summed E-state index contributed by atoms with van der Waals surface area (Å²) in [5.74, 6) is 0.591. The molecule has 1 aromatic rings. The van der Waals surface area contributed by atoms with Crippen LogP contribution in [0.25, 0.3) is 0 Å². The fourth-order valence-electron chi connectivity index (χ4n) is 1.96. The van der Waals surface area contributed by atoms with Crippen LogP contribution in [0, 0.1) is 0 Å². The molecule has 0 aliphatic carbocycles. The fraction of sp³-hybridized carbons (Fsp3) is 0.417. The van der Waals surface area contributed by atoms with E-state index in [0.29, 0.717) is 12.3 Å². The summed E-state index contributed by atoms with van der Waals surface area (Å²) in [4.78, 5) is 13.4. The van der Waals surface area contributed by atoms with Crippen LogP contribution in [-0.4, -0.2) is 25.2 Å². The monoisotopic (exact) mass is 235 g/mol. The van der Waals surface area contributed by atoms with E-state index >= 15 is 0 Å². The van der Waals surface area contributed by atoms with Crippen molar-refractivity contribution in [2.24, 2.45) is 11.5 Å². The summed E-state index contributed by atoms with van der Waals surface area (Å²) in [6.45, 7) is 2.46. The van der Waals surface area contributed by atoms with Gasteiger partial charge in [-0.15, -0.1) is 0 Å². The summed E-state index contributed by atoms with van der Waals surface area (Å²) >= 11 is 0. The molecule has 0 fully saturated rings. The van der Waals surface area contributed by atoms with Crippen molar-refractivity contribution in [1.82, 2.24) is 0 Å². The Morgan fingerprint density at radius 2 is 2.18 bits per heavy atom. The number of carbonyl (C=O) groups excluding carboxylic acids is 1. The summed E-state index contributed by atoms with van der Waals surface area (Å²) in [5.41, 5.74) is 13.0. The predicted molar refractivity (Wildman–Crippen MR) is 65.8 cm³/mol. The first kappa shape index (κ1) is 11.9. The van der Waals surface area contributed by atoms with Crippen LogP contribution >= 0.6 is 0 Å². The number of carbonyl (C=O) groups is 1. The van der Waals surface area contributed by atoms with Gasteiger partial charge < -0.3 is 16.2 Å². The highest BCUT2D eigenvalue weighted by Crippen LogP contribution is 2.34. The van der Waals surface area contributed by atoms with E-state index in [-0.39, 0.29) is 12.6 Å². The maximum Gasteiger partial charge on any atom is 0.268 e. The minimum absolute atomic E-state index is 0.107. The van der Waals surface area contributed by atoms with Crippen LogP contribution in [0.5, 0.6) is 5.75 Å². The van der Waals surface area contributed by atoms with Crippen molar-refractivity contribution in [2.45, 2.75) is 19.4 Å². The molecule has 17 heavy (non-hydrogen) atoms. The van der Waals surface area contributed by atoms with E-state index in [2.05, 4.69) is 0 Å². The first-order valence-electron chi connectivity index (χ1n) is 5.68. The lowest BCUT2D eigenvalue weighted by atomic mass is 10.1. The summed E-state index contributed by atoms with van der Waals surface area (Å²) in [6.07, 6.45) is 0.293. The van der Waals surface area contributed by atoms with Gasteiger partial charge in [-0.1, -0.05) is 6.07 Å². The van der Waals surface area contributed by atoms with Gasteiger partial charge in [0.15, 0.2) is 6.10 Å². The largest absolute Gasteiger partial charge is 0.479 e. The van der Waals surface area contributed by atoms with Gasteiger partial charge in [-0.25, -0.2) is 0 Å². The number of nitrogens with two attached hydrogens (primary N) is 2. The molecule has 5 heteroatoms. The Morgan fingerprint density at radius 1 is 1.41 bits per heavy atom. The Hall–Kier alpha value is -1.59. The highest BCUT2D eigenvalue weighted by molar-refractivity contribution is 5.99. The number of ether oxygens (including phenoxy) is 1. The molecule has 0 saturated heterocycles. The zero-order chi connectivity index (χ0) is 12.4. The smallest absolute Gasteiger partial charge is 0.268 e. The summed E-state index contributed by atoms with van der Waals surface area (Å²) in [5, 5.41) is 0. The third kappa shape index (κ3) is 2.11. The Balaban J connectivity index is 2.41. The second-order valence-electron chi connectivity index (χ2n) is 4.05. The molecule has 1 aromatic carbocycles. The van der Waals surface area contributed by atoms with Crippen LogP contribution in [-0.2, 0) is 11.2 Å². The zero-order valence-electron chi connectivity index (χ0n) is 9.85. The van der Waals surface area contributed by atoms with Crippen molar-refractivity contribution in [3.63, 3.8) is 0 Å². The Bertz CT molecular complexity index is 434. The van der Waals surface area contributed by atoms with Gasteiger partial charge in [-0.2, -0.15) is 0 Å². The van der Waals surface area contributed by atoms with Gasteiger partial charge in [0.1, 0.15) is 5.75 Å². The molecule has 4 N–H and O–H groups in total. The van der Waals surface area contributed by atoms with Crippen LogP contribution in [0.1, 0.15) is 12.5 Å². The van der Waals surface area contributed by atoms with E-state index in [1.807, 2.05) is 18.2 Å². The molecule has 1 unspecified atom stereocenters. The maximum atomic E-state index is 11.9. The second kappa shape index (κ2) is 4.73. The second-order valence-corrected chi connectivity index (χ2v) is 4.05. The van der Waals surface area contributed by atoms with Crippen LogP contribution in [0.3, 0.4) is 0 Å². The van der Waals surface area contributed by atoms with Gasteiger partial charge in [-0.3, -0.25) is 9.69 Å². The number of amides is 1. The standard InChI is InChI=1S/C12H17N3O2/c1-8-12(16)15(7-14)10-6-9(4-5-13)2-3-11(10)17-8/h2-3,6,8H,4-5,7,13-14H2,1H3. The lowest BCUT2D eigenvalue weighted by Crippen LogP contribution is -2.47. The topological polar surface area (TPSA) is 81.6 Å². The van der Waals surface area contributed by atoms with E-state index < -0.39 is 6.10 Å². The van der Waals surface area contributed by atoms with E-state index in [0.717, 1.165) is 17.7 Å². The van der Waals surface area contributed by atoms with Crippen LogP contribution in [0.2, 0.25) is 0 Å². The SMILES string of the molecule is CC1Oc2ccc(CCN)cc2N(CN)C1=O. The number of rotatable bonds is 3. The fourth-order valence-corrected chi connectivity index (χ4v) is 1.96. The first-order valence-corrected chi connectivity index (χ1v) is 5.68. The van der Waals surface area contributed by atoms with Gasteiger partial charge in [0, 0.05) is 0 Å². The van der Waals surface area contributed by atoms with Gasteiger partial charge in [-0.05, 0) is 37.6 Å². The van der Waals surface area contributed by atoms with Crippen molar-refractivity contribution in [1.29, 1.82) is 0 Å². The van der Waals surface area contributed by atoms with Crippen LogP contribution in [0.4, 0.5) is 5.69 Å². The maximum absolute atomic E-state index is 11.9. The molecular weight excluding hydrogens is 218 g/mol. The van der Waals surface area contributed by atoms with Crippen molar-refractivity contribution >= 4 is 11.6 Å². The molecule has 1 amide bonds. The van der Waals surface area contributed by atoms with Gasteiger partial charge in [0.05, 0.1) is 12.4 Å². The summed E-state index contributed by atoms with van der Waals surface area (Å²) in [7, 11) is 0. The molecule has 0 radical (unpaired) electrons. The Kier molecular flexibility index (Phi) is 3.31. The average Bonchev–Trinajstić information content (AvgIpc) is 2.32. The number of nitrogens with zero attached hydrogens (tertiary/aromatic N) is 1. The van der Waals surface area contributed by atoms with Crippen molar-refractivity contribution in [3.05, 3.63) is 23.8 Å². The lowest BCUT2D eigenvalue weighted by Gasteiger charge is -2.32. The predicted octanol–water partition coefficient (Wildman–Crippen LogP) is 0.218. The minimum Gasteiger partial charge on any atom is -0.479 e. The van der Waals surface area contributed by atoms with Gasteiger partial charge in [0.2, 0.25) is 0 Å². The molecule has 1 aliphatic heterocycles. The highest BCUT2D eigenvalue weighted by atomic mass is 16.5. The van der Waals surface area contributed by atoms with Crippen LogP contribution in [0.15, 0.2) is 18.2 Å². The molecule has 0 bridgehead atoms. The minimum atomic E-state index is -0.480. The van der Waals surface area contributed by atoms with Gasteiger partial charge in [0.25, 0.3) is 5.91 Å². The number of benzene rings is 1. The average molecular weight is 235 g/mol. The van der Waals surface area contributed by atoms with E-state index in [1.165, 1.54) is 0 Å². The molecule has 5 nitrogen and oxygen atoms in total. The first-order chi connectivity index (χ1) is 8.17. The van der Waals surface area contributed by atoms with E-state index in [4.69, 9.17) is 16.2 Å². The molecular formula is C12H17N3O2.